The average Bonchev–Trinajstić information content (AvgIpc) is 3.09. The zero-order valence-electron chi connectivity index (χ0n) is 16.9. The monoisotopic (exact) mass is 402 g/mol. The first kappa shape index (κ1) is 20.8. The Labute approximate surface area is 171 Å². The van der Waals surface area contributed by atoms with Crippen LogP contribution in [-0.4, -0.2) is 54.3 Å². The SMILES string of the molecule is Cc1ccc(OCC(O)CN2CCC(NC(=O)c3ccc(C)s3)CC2)c(C)c1. The van der Waals surface area contributed by atoms with Gasteiger partial charge in [-0.05, 0) is 57.4 Å². The van der Waals surface area contributed by atoms with E-state index in [4.69, 9.17) is 4.74 Å². The molecule has 28 heavy (non-hydrogen) atoms. The van der Waals surface area contributed by atoms with Gasteiger partial charge in [-0.3, -0.25) is 4.79 Å². The highest BCUT2D eigenvalue weighted by Gasteiger charge is 2.23. The summed E-state index contributed by atoms with van der Waals surface area (Å²) in [6.07, 6.45) is 1.28. The van der Waals surface area contributed by atoms with Crippen molar-refractivity contribution in [3.05, 3.63) is 51.2 Å². The summed E-state index contributed by atoms with van der Waals surface area (Å²) in [6, 6.07) is 10.1. The summed E-state index contributed by atoms with van der Waals surface area (Å²) in [5, 5.41) is 13.5. The molecule has 1 aliphatic rings. The van der Waals surface area contributed by atoms with E-state index in [0.29, 0.717) is 6.54 Å². The van der Waals surface area contributed by atoms with Crippen LogP contribution in [0.2, 0.25) is 0 Å². The molecule has 0 bridgehead atoms. The van der Waals surface area contributed by atoms with Gasteiger partial charge < -0.3 is 20.1 Å². The lowest BCUT2D eigenvalue weighted by Crippen LogP contribution is -2.47. The van der Waals surface area contributed by atoms with Gasteiger partial charge in [0.15, 0.2) is 0 Å². The molecule has 1 saturated heterocycles. The highest BCUT2D eigenvalue weighted by molar-refractivity contribution is 7.13. The van der Waals surface area contributed by atoms with Gasteiger partial charge in [0.25, 0.3) is 5.91 Å². The highest BCUT2D eigenvalue weighted by atomic mass is 32.1. The molecule has 0 aliphatic carbocycles. The standard InChI is InChI=1S/C22H30N2O3S/c1-15-4-6-20(16(2)12-15)27-14-19(25)13-24-10-8-18(9-11-24)23-22(26)21-7-5-17(3)28-21/h4-7,12,18-19,25H,8-11,13-14H2,1-3H3,(H,23,26). The average molecular weight is 403 g/mol. The quantitative estimate of drug-likeness (QED) is 0.746. The topological polar surface area (TPSA) is 61.8 Å². The minimum atomic E-state index is -0.527. The number of piperidine rings is 1. The molecule has 1 aromatic heterocycles. The second-order valence-electron chi connectivity index (χ2n) is 7.69. The van der Waals surface area contributed by atoms with E-state index < -0.39 is 6.10 Å². The third-order valence-electron chi connectivity index (χ3n) is 5.12. The third-order valence-corrected chi connectivity index (χ3v) is 6.12. The van der Waals surface area contributed by atoms with Gasteiger partial charge in [0.1, 0.15) is 18.5 Å². The Kier molecular flexibility index (Phi) is 7.10. The number of carbonyl (C=O) groups excluding carboxylic acids is 1. The van der Waals surface area contributed by atoms with Crippen molar-refractivity contribution in [3.63, 3.8) is 0 Å². The number of aliphatic hydroxyl groups is 1. The molecule has 6 heteroatoms. The van der Waals surface area contributed by atoms with Crippen molar-refractivity contribution < 1.29 is 14.6 Å². The summed E-state index contributed by atoms with van der Waals surface area (Å²) >= 11 is 1.53. The Morgan fingerprint density at radius 1 is 1.25 bits per heavy atom. The van der Waals surface area contributed by atoms with Crippen LogP contribution in [0.15, 0.2) is 30.3 Å². The minimum Gasteiger partial charge on any atom is -0.491 e. The van der Waals surface area contributed by atoms with Gasteiger partial charge in [0.2, 0.25) is 0 Å². The third kappa shape index (κ3) is 5.80. The van der Waals surface area contributed by atoms with Crippen molar-refractivity contribution in [1.29, 1.82) is 0 Å². The first-order chi connectivity index (χ1) is 13.4. The number of aliphatic hydroxyl groups excluding tert-OH is 1. The molecule has 0 saturated carbocycles. The number of ether oxygens (including phenoxy) is 1. The largest absolute Gasteiger partial charge is 0.491 e. The first-order valence-electron chi connectivity index (χ1n) is 9.88. The molecule has 3 rings (SSSR count). The lowest BCUT2D eigenvalue weighted by atomic mass is 10.0. The smallest absolute Gasteiger partial charge is 0.261 e. The number of benzene rings is 1. The number of amides is 1. The second kappa shape index (κ2) is 9.54. The molecule has 2 aromatic rings. The summed E-state index contributed by atoms with van der Waals surface area (Å²) in [5.74, 6) is 0.855. The molecule has 1 amide bonds. The normalized spacial score (nSPS) is 16.7. The maximum atomic E-state index is 12.3. The fraction of sp³-hybridized carbons (Fsp3) is 0.500. The molecule has 152 valence electrons. The van der Waals surface area contributed by atoms with Crippen LogP contribution in [0.25, 0.3) is 0 Å². The molecule has 1 atom stereocenters. The van der Waals surface area contributed by atoms with Crippen LogP contribution in [0.4, 0.5) is 0 Å². The van der Waals surface area contributed by atoms with Gasteiger partial charge in [-0.15, -0.1) is 11.3 Å². The van der Waals surface area contributed by atoms with Crippen LogP contribution in [0.3, 0.4) is 0 Å². The fourth-order valence-electron chi connectivity index (χ4n) is 3.57. The van der Waals surface area contributed by atoms with E-state index in [1.807, 2.05) is 38.1 Å². The zero-order chi connectivity index (χ0) is 20.1. The number of carbonyl (C=O) groups is 1. The second-order valence-corrected chi connectivity index (χ2v) is 8.98. The first-order valence-corrected chi connectivity index (χ1v) is 10.7. The number of aryl methyl sites for hydroxylation is 3. The molecular weight excluding hydrogens is 372 g/mol. The van der Waals surface area contributed by atoms with Crippen LogP contribution in [0.1, 0.15) is 38.5 Å². The lowest BCUT2D eigenvalue weighted by Gasteiger charge is -2.33. The predicted octanol–water partition coefficient (Wildman–Crippen LogP) is 3.31. The minimum absolute atomic E-state index is 0.0263. The van der Waals surface area contributed by atoms with Crippen molar-refractivity contribution in [1.82, 2.24) is 10.2 Å². The van der Waals surface area contributed by atoms with Crippen LogP contribution in [-0.2, 0) is 0 Å². The van der Waals surface area contributed by atoms with Gasteiger partial charge in [-0.2, -0.15) is 0 Å². The number of hydrogen-bond donors (Lipinski definition) is 2. The number of rotatable bonds is 7. The summed E-state index contributed by atoms with van der Waals surface area (Å²) in [7, 11) is 0. The molecule has 0 spiro atoms. The Morgan fingerprint density at radius 3 is 2.64 bits per heavy atom. The van der Waals surface area contributed by atoms with E-state index in [2.05, 4.69) is 23.2 Å². The number of nitrogens with zero attached hydrogens (tertiary/aromatic N) is 1. The molecule has 1 aromatic carbocycles. The molecule has 2 heterocycles. The van der Waals surface area contributed by atoms with E-state index in [9.17, 15) is 9.90 Å². The molecule has 0 radical (unpaired) electrons. The van der Waals surface area contributed by atoms with Crippen molar-refractivity contribution in [2.45, 2.75) is 45.8 Å². The van der Waals surface area contributed by atoms with Crippen LogP contribution in [0, 0.1) is 20.8 Å². The van der Waals surface area contributed by atoms with Crippen molar-refractivity contribution in [3.8, 4) is 5.75 Å². The number of β-amino-alcohol motifs (C(OH)–C–C–N with tert-alkyl or cyclic N) is 1. The Bertz CT molecular complexity index is 797. The van der Waals surface area contributed by atoms with E-state index >= 15 is 0 Å². The Balaban J connectivity index is 1.38. The molecule has 1 fully saturated rings. The Morgan fingerprint density at radius 2 is 2.00 bits per heavy atom. The molecule has 1 aliphatic heterocycles. The van der Waals surface area contributed by atoms with E-state index in [0.717, 1.165) is 47.0 Å². The molecule has 5 nitrogen and oxygen atoms in total. The molecule has 2 N–H and O–H groups in total. The number of nitrogens with one attached hydrogen (secondary N) is 1. The van der Waals surface area contributed by atoms with Crippen LogP contribution >= 0.6 is 11.3 Å². The fourth-order valence-corrected chi connectivity index (χ4v) is 4.34. The molecule has 1 unspecified atom stereocenters. The zero-order valence-corrected chi connectivity index (χ0v) is 17.7. The summed E-state index contributed by atoms with van der Waals surface area (Å²) < 4.78 is 5.79. The van der Waals surface area contributed by atoms with Crippen molar-refractivity contribution in [2.24, 2.45) is 0 Å². The summed E-state index contributed by atoms with van der Waals surface area (Å²) in [4.78, 5) is 16.5. The Hall–Kier alpha value is -1.89. The van der Waals surface area contributed by atoms with Gasteiger partial charge in [0.05, 0.1) is 4.88 Å². The van der Waals surface area contributed by atoms with Crippen LogP contribution < -0.4 is 10.1 Å². The van der Waals surface area contributed by atoms with Crippen molar-refractivity contribution in [2.75, 3.05) is 26.2 Å². The van der Waals surface area contributed by atoms with Gasteiger partial charge in [-0.25, -0.2) is 0 Å². The number of hydrogen-bond acceptors (Lipinski definition) is 5. The lowest BCUT2D eigenvalue weighted by molar-refractivity contribution is 0.0566. The van der Waals surface area contributed by atoms with Gasteiger partial charge >= 0.3 is 0 Å². The van der Waals surface area contributed by atoms with E-state index in [-0.39, 0.29) is 18.6 Å². The molecular formula is C22H30N2O3S. The van der Waals surface area contributed by atoms with E-state index in [1.165, 1.54) is 16.9 Å². The van der Waals surface area contributed by atoms with E-state index in [1.54, 1.807) is 0 Å². The highest BCUT2D eigenvalue weighted by Crippen LogP contribution is 2.19. The van der Waals surface area contributed by atoms with Crippen LogP contribution in [0.5, 0.6) is 5.75 Å². The van der Waals surface area contributed by atoms with Crippen molar-refractivity contribution >= 4 is 17.2 Å². The summed E-state index contributed by atoms with van der Waals surface area (Å²) in [6.45, 7) is 8.71. The number of likely N-dealkylation sites (tertiary alicyclic amines) is 1. The van der Waals surface area contributed by atoms with Gasteiger partial charge in [0, 0.05) is 30.6 Å². The maximum absolute atomic E-state index is 12.3. The number of thiophene rings is 1. The summed E-state index contributed by atoms with van der Waals surface area (Å²) in [5.41, 5.74) is 2.29. The van der Waals surface area contributed by atoms with Gasteiger partial charge in [-0.1, -0.05) is 17.7 Å². The maximum Gasteiger partial charge on any atom is 0.261 e. The predicted molar refractivity (Wildman–Crippen MR) is 113 cm³/mol.